The summed E-state index contributed by atoms with van der Waals surface area (Å²) in [5.41, 5.74) is 2.19. The van der Waals surface area contributed by atoms with Crippen LogP contribution < -0.4 is 0 Å². The van der Waals surface area contributed by atoms with Gasteiger partial charge in [-0.05, 0) is 19.4 Å². The molecule has 0 radical (unpaired) electrons. The van der Waals surface area contributed by atoms with E-state index in [0.717, 1.165) is 11.3 Å². The fourth-order valence-electron chi connectivity index (χ4n) is 0.754. The first kappa shape index (κ1) is 11.9. The Balaban J connectivity index is 0.000000671. The van der Waals surface area contributed by atoms with Crippen LogP contribution in [0, 0.1) is 25.2 Å². The van der Waals surface area contributed by atoms with Crippen molar-refractivity contribution < 1.29 is 0 Å². The number of rotatable bonds is 0. The highest BCUT2D eigenvalue weighted by molar-refractivity contribution is 6.32. The number of nitrogens with zero attached hydrogens (tertiary/aromatic N) is 2. The summed E-state index contributed by atoms with van der Waals surface area (Å²) in [5, 5.41) is 9.07. The second-order valence-corrected chi connectivity index (χ2v) is 2.69. The zero-order valence-corrected chi connectivity index (χ0v) is 9.11. The topological polar surface area (TPSA) is 36.7 Å². The van der Waals surface area contributed by atoms with E-state index in [4.69, 9.17) is 16.9 Å². The third-order valence-corrected chi connectivity index (χ3v) is 2.10. The zero-order chi connectivity index (χ0) is 10.4. The SMILES string of the molecule is CC.Cc1ncc(C#N)c(Cl)c1C. The lowest BCUT2D eigenvalue weighted by Crippen LogP contribution is -1.90. The van der Waals surface area contributed by atoms with E-state index in [2.05, 4.69) is 4.98 Å². The molecule has 1 aromatic rings. The quantitative estimate of drug-likeness (QED) is 0.639. The summed E-state index contributed by atoms with van der Waals surface area (Å²) in [6.07, 6.45) is 1.49. The number of aromatic nitrogens is 1. The fraction of sp³-hybridized carbons (Fsp3) is 0.400. The molecule has 0 aromatic carbocycles. The lowest BCUT2D eigenvalue weighted by molar-refractivity contribution is 1.14. The van der Waals surface area contributed by atoms with E-state index in [1.54, 1.807) is 0 Å². The van der Waals surface area contributed by atoms with Crippen LogP contribution in [0.25, 0.3) is 0 Å². The molecule has 0 aliphatic rings. The summed E-state index contributed by atoms with van der Waals surface area (Å²) in [6.45, 7) is 7.72. The molecule has 0 saturated carbocycles. The van der Waals surface area contributed by atoms with Crippen molar-refractivity contribution in [2.45, 2.75) is 27.7 Å². The maximum Gasteiger partial charge on any atom is 0.102 e. The number of aryl methyl sites for hydroxylation is 1. The van der Waals surface area contributed by atoms with Crippen molar-refractivity contribution in [1.29, 1.82) is 5.26 Å². The van der Waals surface area contributed by atoms with E-state index in [1.807, 2.05) is 33.8 Å². The molecule has 1 heterocycles. The Kier molecular flexibility index (Phi) is 5.10. The van der Waals surface area contributed by atoms with Gasteiger partial charge in [-0.3, -0.25) is 4.98 Å². The fourth-order valence-corrected chi connectivity index (χ4v) is 0.981. The van der Waals surface area contributed by atoms with Crippen LogP contribution >= 0.6 is 11.6 Å². The highest BCUT2D eigenvalue weighted by Crippen LogP contribution is 2.20. The van der Waals surface area contributed by atoms with Crippen molar-refractivity contribution in [3.63, 3.8) is 0 Å². The largest absolute Gasteiger partial charge is 0.260 e. The molecule has 0 atom stereocenters. The van der Waals surface area contributed by atoms with E-state index in [1.165, 1.54) is 6.20 Å². The molecule has 0 spiro atoms. The Labute approximate surface area is 84.2 Å². The van der Waals surface area contributed by atoms with Gasteiger partial charge in [0.2, 0.25) is 0 Å². The van der Waals surface area contributed by atoms with E-state index >= 15 is 0 Å². The van der Waals surface area contributed by atoms with Crippen molar-refractivity contribution in [3.05, 3.63) is 28.0 Å². The van der Waals surface area contributed by atoms with Crippen LogP contribution in [0.1, 0.15) is 30.7 Å². The second-order valence-electron chi connectivity index (χ2n) is 2.31. The predicted octanol–water partition coefficient (Wildman–Crippen LogP) is 3.25. The Morgan fingerprint density at radius 2 is 1.92 bits per heavy atom. The molecule has 1 aromatic heterocycles. The molecule has 0 aliphatic heterocycles. The first-order chi connectivity index (χ1) is 6.16. The van der Waals surface area contributed by atoms with Crippen LogP contribution in [0.2, 0.25) is 5.02 Å². The number of hydrogen-bond acceptors (Lipinski definition) is 2. The monoisotopic (exact) mass is 196 g/mol. The average molecular weight is 197 g/mol. The van der Waals surface area contributed by atoms with Crippen molar-refractivity contribution in [2.75, 3.05) is 0 Å². The molecule has 3 heteroatoms. The van der Waals surface area contributed by atoms with Gasteiger partial charge in [0, 0.05) is 11.9 Å². The Hall–Kier alpha value is -1.07. The number of halogens is 1. The van der Waals surface area contributed by atoms with Crippen molar-refractivity contribution >= 4 is 11.6 Å². The number of pyridine rings is 1. The summed E-state index contributed by atoms with van der Waals surface area (Å²) >= 11 is 5.84. The first-order valence-corrected chi connectivity index (χ1v) is 4.56. The van der Waals surface area contributed by atoms with Crippen LogP contribution in [0.3, 0.4) is 0 Å². The predicted molar refractivity (Wildman–Crippen MR) is 54.8 cm³/mol. The highest BCUT2D eigenvalue weighted by Gasteiger charge is 2.04. The molecule has 0 fully saturated rings. The minimum absolute atomic E-state index is 0.440. The van der Waals surface area contributed by atoms with E-state index in [9.17, 15) is 0 Å². The van der Waals surface area contributed by atoms with Gasteiger partial charge >= 0.3 is 0 Å². The minimum Gasteiger partial charge on any atom is -0.260 e. The third-order valence-electron chi connectivity index (χ3n) is 1.62. The summed E-state index contributed by atoms with van der Waals surface area (Å²) in [6, 6.07) is 1.97. The lowest BCUT2D eigenvalue weighted by atomic mass is 10.2. The molecule has 0 saturated heterocycles. The normalized spacial score (nSPS) is 8.31. The average Bonchev–Trinajstić information content (AvgIpc) is 2.18. The molecule has 13 heavy (non-hydrogen) atoms. The number of nitriles is 1. The van der Waals surface area contributed by atoms with Gasteiger partial charge in [-0.15, -0.1) is 0 Å². The van der Waals surface area contributed by atoms with E-state index in [-0.39, 0.29) is 0 Å². The van der Waals surface area contributed by atoms with Gasteiger partial charge in [0.1, 0.15) is 6.07 Å². The molecule has 0 N–H and O–H groups in total. The van der Waals surface area contributed by atoms with Crippen LogP contribution in [-0.2, 0) is 0 Å². The Morgan fingerprint density at radius 1 is 1.38 bits per heavy atom. The molecule has 1 rings (SSSR count). The Bertz CT molecular complexity index is 326. The minimum atomic E-state index is 0.440. The smallest absolute Gasteiger partial charge is 0.102 e. The molecule has 0 unspecified atom stereocenters. The Morgan fingerprint density at radius 3 is 2.38 bits per heavy atom. The van der Waals surface area contributed by atoms with Gasteiger partial charge in [-0.2, -0.15) is 5.26 Å². The van der Waals surface area contributed by atoms with Gasteiger partial charge in [-0.1, -0.05) is 25.4 Å². The van der Waals surface area contributed by atoms with Crippen LogP contribution in [-0.4, -0.2) is 4.98 Å². The van der Waals surface area contributed by atoms with Gasteiger partial charge in [0.25, 0.3) is 0 Å². The van der Waals surface area contributed by atoms with Crippen molar-refractivity contribution in [3.8, 4) is 6.07 Å². The van der Waals surface area contributed by atoms with E-state index < -0.39 is 0 Å². The van der Waals surface area contributed by atoms with Gasteiger partial charge in [0.05, 0.1) is 10.6 Å². The maximum absolute atomic E-state index is 8.56. The third kappa shape index (κ3) is 2.71. The van der Waals surface area contributed by atoms with Crippen LogP contribution in [0.15, 0.2) is 6.20 Å². The highest BCUT2D eigenvalue weighted by atomic mass is 35.5. The molecule has 2 nitrogen and oxygen atoms in total. The first-order valence-electron chi connectivity index (χ1n) is 4.18. The molecule has 0 aliphatic carbocycles. The summed E-state index contributed by atoms with van der Waals surface area (Å²) in [4.78, 5) is 4.00. The standard InChI is InChI=1S/C8H7ClN2.C2H6/c1-5-6(2)11-4-7(3-10)8(5)9;1-2/h4H,1-2H3;1-2H3. The summed E-state index contributed by atoms with van der Waals surface area (Å²) < 4.78 is 0. The second kappa shape index (κ2) is 5.55. The van der Waals surface area contributed by atoms with Crippen LogP contribution in [0.5, 0.6) is 0 Å². The molecule has 0 amide bonds. The summed E-state index contributed by atoms with van der Waals surface area (Å²) in [7, 11) is 0. The molecule has 0 bridgehead atoms. The van der Waals surface area contributed by atoms with Crippen LogP contribution in [0.4, 0.5) is 0 Å². The maximum atomic E-state index is 8.56. The van der Waals surface area contributed by atoms with E-state index in [0.29, 0.717) is 10.6 Å². The number of hydrogen-bond donors (Lipinski definition) is 0. The zero-order valence-electron chi connectivity index (χ0n) is 8.35. The van der Waals surface area contributed by atoms with Crippen molar-refractivity contribution in [1.82, 2.24) is 4.98 Å². The van der Waals surface area contributed by atoms with Gasteiger partial charge in [0.15, 0.2) is 0 Å². The van der Waals surface area contributed by atoms with Crippen molar-refractivity contribution in [2.24, 2.45) is 0 Å². The molecular formula is C10H13ClN2. The van der Waals surface area contributed by atoms with Gasteiger partial charge in [-0.25, -0.2) is 0 Å². The molecule has 70 valence electrons. The summed E-state index contributed by atoms with van der Waals surface area (Å²) in [5.74, 6) is 0. The van der Waals surface area contributed by atoms with Gasteiger partial charge < -0.3 is 0 Å². The molecular weight excluding hydrogens is 184 g/mol. The lowest BCUT2D eigenvalue weighted by Gasteiger charge is -2.01.